The monoisotopic (exact) mass is 402 g/mol. The summed E-state index contributed by atoms with van der Waals surface area (Å²) < 4.78 is 12.0. The molecule has 1 N–H and O–H groups in total. The summed E-state index contributed by atoms with van der Waals surface area (Å²) in [6.45, 7) is 12.4. The van der Waals surface area contributed by atoms with E-state index in [0.29, 0.717) is 36.4 Å². The Hall–Kier alpha value is -1.55. The minimum absolute atomic E-state index is 0.0282. The molecule has 4 heteroatoms. The first-order chi connectivity index (χ1) is 13.8. The molecule has 2 aliphatic carbocycles. The third-order valence-electron chi connectivity index (χ3n) is 7.03. The highest BCUT2D eigenvalue weighted by Crippen LogP contribution is 2.45. The zero-order valence-corrected chi connectivity index (χ0v) is 18.5. The van der Waals surface area contributed by atoms with Crippen LogP contribution in [0.15, 0.2) is 36.1 Å². The average molecular weight is 403 g/mol. The lowest BCUT2D eigenvalue weighted by Gasteiger charge is -2.43. The van der Waals surface area contributed by atoms with Crippen molar-refractivity contribution >= 4 is 5.97 Å². The fraction of sp³-hybridized carbons (Fsp3) is 0.720. The second-order valence-electron chi connectivity index (χ2n) is 9.52. The molecule has 162 valence electrons. The fourth-order valence-corrected chi connectivity index (χ4v) is 5.19. The van der Waals surface area contributed by atoms with Crippen LogP contribution in [0.3, 0.4) is 0 Å². The summed E-state index contributed by atoms with van der Waals surface area (Å²) in [4.78, 5) is 12.6. The van der Waals surface area contributed by atoms with Crippen LogP contribution in [0.4, 0.5) is 0 Å². The predicted octanol–water partition coefficient (Wildman–Crippen LogP) is 5.18. The summed E-state index contributed by atoms with van der Waals surface area (Å²) in [5.41, 5.74) is 1.32. The Morgan fingerprint density at radius 1 is 1.34 bits per heavy atom. The van der Waals surface area contributed by atoms with E-state index >= 15 is 0 Å². The van der Waals surface area contributed by atoms with Crippen molar-refractivity contribution in [2.24, 2.45) is 29.6 Å². The van der Waals surface area contributed by atoms with Crippen molar-refractivity contribution < 1.29 is 19.4 Å². The maximum atomic E-state index is 12.6. The van der Waals surface area contributed by atoms with Gasteiger partial charge in [-0.15, -0.1) is 0 Å². The summed E-state index contributed by atoms with van der Waals surface area (Å²) >= 11 is 0. The first kappa shape index (κ1) is 22.1. The van der Waals surface area contributed by atoms with E-state index in [2.05, 4.69) is 38.7 Å². The summed E-state index contributed by atoms with van der Waals surface area (Å²) in [7, 11) is 0. The van der Waals surface area contributed by atoms with E-state index in [1.807, 2.05) is 13.8 Å². The lowest BCUT2D eigenvalue weighted by atomic mass is 9.65. The van der Waals surface area contributed by atoms with Gasteiger partial charge in [-0.1, -0.05) is 52.5 Å². The fourth-order valence-electron chi connectivity index (χ4n) is 5.19. The Bertz CT molecular complexity index is 664. The second-order valence-corrected chi connectivity index (χ2v) is 9.52. The number of hydrogen-bond donors (Lipinski definition) is 1. The van der Waals surface area contributed by atoms with Gasteiger partial charge in [0.05, 0.1) is 17.8 Å². The Morgan fingerprint density at radius 3 is 2.79 bits per heavy atom. The standard InChI is InChI=1S/C25H38O4/c1-6-16(3)25(27)29-23-12-15(2)11-19-8-7-17(4)22(24(19)23)10-9-21-14-20(26)13-18(5)28-21/h7-8,11,15-17,20-24,26H,5-6,9-10,12-14H2,1-4H3/t15-,16-,17-,20-,21+,22-,23-,24-/m0/s1. The Morgan fingerprint density at radius 2 is 2.10 bits per heavy atom. The molecular formula is C25H38O4. The molecule has 0 amide bonds. The number of carbonyl (C=O) groups is 1. The van der Waals surface area contributed by atoms with Crippen LogP contribution >= 0.6 is 0 Å². The molecule has 0 bridgehead atoms. The quantitative estimate of drug-likeness (QED) is 0.622. The number of ether oxygens (including phenoxy) is 2. The van der Waals surface area contributed by atoms with Gasteiger partial charge in [-0.2, -0.15) is 0 Å². The van der Waals surface area contributed by atoms with Crippen LogP contribution in [-0.4, -0.2) is 29.4 Å². The molecule has 0 unspecified atom stereocenters. The van der Waals surface area contributed by atoms with Crippen LogP contribution in [0.25, 0.3) is 0 Å². The molecule has 29 heavy (non-hydrogen) atoms. The molecule has 1 saturated heterocycles. The zero-order valence-electron chi connectivity index (χ0n) is 18.5. The van der Waals surface area contributed by atoms with Gasteiger partial charge in [0.15, 0.2) is 0 Å². The Kier molecular flexibility index (Phi) is 7.26. The second kappa shape index (κ2) is 9.51. The minimum Gasteiger partial charge on any atom is -0.495 e. The smallest absolute Gasteiger partial charge is 0.308 e. The zero-order chi connectivity index (χ0) is 21.1. The highest BCUT2D eigenvalue weighted by Gasteiger charge is 2.42. The van der Waals surface area contributed by atoms with Gasteiger partial charge >= 0.3 is 5.97 Å². The summed E-state index contributed by atoms with van der Waals surface area (Å²) in [6.07, 6.45) is 11.3. The summed E-state index contributed by atoms with van der Waals surface area (Å²) in [5, 5.41) is 10.1. The summed E-state index contributed by atoms with van der Waals surface area (Å²) in [6, 6.07) is 0. The summed E-state index contributed by atoms with van der Waals surface area (Å²) in [5.74, 6) is 2.06. The largest absolute Gasteiger partial charge is 0.495 e. The molecule has 0 aromatic heterocycles. The van der Waals surface area contributed by atoms with E-state index in [9.17, 15) is 9.90 Å². The molecule has 0 saturated carbocycles. The number of carbonyl (C=O) groups excluding carboxylic acids is 1. The lowest BCUT2D eigenvalue weighted by Crippen LogP contribution is -2.42. The van der Waals surface area contributed by atoms with Gasteiger partial charge in [0, 0.05) is 18.8 Å². The molecule has 4 nitrogen and oxygen atoms in total. The van der Waals surface area contributed by atoms with Gasteiger partial charge in [0.25, 0.3) is 0 Å². The van der Waals surface area contributed by atoms with Crippen LogP contribution in [0.2, 0.25) is 0 Å². The highest BCUT2D eigenvalue weighted by molar-refractivity contribution is 5.72. The van der Waals surface area contributed by atoms with Crippen LogP contribution in [-0.2, 0) is 14.3 Å². The van der Waals surface area contributed by atoms with Crippen molar-refractivity contribution in [3.63, 3.8) is 0 Å². The molecule has 1 heterocycles. The Balaban J connectivity index is 1.74. The van der Waals surface area contributed by atoms with Gasteiger partial charge in [-0.25, -0.2) is 0 Å². The van der Waals surface area contributed by atoms with E-state index in [0.717, 1.165) is 25.7 Å². The molecule has 0 aromatic rings. The van der Waals surface area contributed by atoms with E-state index < -0.39 is 0 Å². The molecule has 0 spiro atoms. The van der Waals surface area contributed by atoms with Crippen LogP contribution < -0.4 is 0 Å². The molecule has 8 atom stereocenters. The maximum Gasteiger partial charge on any atom is 0.308 e. The normalized spacial score (nSPS) is 37.9. The molecule has 1 fully saturated rings. The van der Waals surface area contributed by atoms with Gasteiger partial charge in [-0.3, -0.25) is 4.79 Å². The van der Waals surface area contributed by atoms with Crippen LogP contribution in [0.5, 0.6) is 0 Å². The minimum atomic E-state index is -0.347. The first-order valence-electron chi connectivity index (χ1n) is 11.4. The number of aliphatic hydroxyl groups is 1. The topological polar surface area (TPSA) is 55.8 Å². The average Bonchev–Trinajstić information content (AvgIpc) is 2.65. The van der Waals surface area contributed by atoms with Gasteiger partial charge in [-0.05, 0) is 49.0 Å². The molecule has 0 aromatic carbocycles. The molecule has 3 aliphatic rings. The number of rotatable bonds is 6. The van der Waals surface area contributed by atoms with E-state index in [4.69, 9.17) is 9.47 Å². The number of hydrogen-bond acceptors (Lipinski definition) is 4. The first-order valence-corrected chi connectivity index (χ1v) is 11.4. The highest BCUT2D eigenvalue weighted by atomic mass is 16.5. The van der Waals surface area contributed by atoms with Crippen molar-refractivity contribution in [3.8, 4) is 0 Å². The SMILES string of the molecule is C=C1C[C@H](O)C[C@@H](CC[C@@H]2[C@@H]3C(=C[C@H](C)C[C@@H]3OC(=O)[C@@H](C)CC)C=C[C@@H]2C)O1. The van der Waals surface area contributed by atoms with Gasteiger partial charge in [0.1, 0.15) is 12.2 Å². The van der Waals surface area contributed by atoms with Crippen molar-refractivity contribution in [1.29, 1.82) is 0 Å². The van der Waals surface area contributed by atoms with Crippen molar-refractivity contribution in [2.45, 2.75) is 84.5 Å². The maximum absolute atomic E-state index is 12.6. The van der Waals surface area contributed by atoms with Crippen LogP contribution in [0.1, 0.15) is 66.2 Å². The number of allylic oxidation sites excluding steroid dienone is 3. The van der Waals surface area contributed by atoms with Gasteiger partial charge in [0.2, 0.25) is 0 Å². The van der Waals surface area contributed by atoms with E-state index in [-0.39, 0.29) is 36.1 Å². The van der Waals surface area contributed by atoms with Crippen molar-refractivity contribution in [3.05, 3.63) is 36.1 Å². The van der Waals surface area contributed by atoms with Gasteiger partial charge < -0.3 is 14.6 Å². The molecule has 3 rings (SSSR count). The number of fused-ring (bicyclic) bond motifs is 1. The Labute approximate surface area is 176 Å². The van der Waals surface area contributed by atoms with Crippen molar-refractivity contribution in [1.82, 2.24) is 0 Å². The number of aliphatic hydroxyl groups excluding tert-OH is 1. The van der Waals surface area contributed by atoms with Crippen molar-refractivity contribution in [2.75, 3.05) is 0 Å². The van der Waals surface area contributed by atoms with E-state index in [1.54, 1.807) is 0 Å². The molecule has 1 aliphatic heterocycles. The predicted molar refractivity (Wildman–Crippen MR) is 115 cm³/mol. The third kappa shape index (κ3) is 5.33. The molecule has 0 radical (unpaired) electrons. The van der Waals surface area contributed by atoms with Crippen LogP contribution in [0, 0.1) is 29.6 Å². The third-order valence-corrected chi connectivity index (χ3v) is 7.03. The van der Waals surface area contributed by atoms with E-state index in [1.165, 1.54) is 5.57 Å². The number of esters is 1. The molecular weight excluding hydrogens is 364 g/mol. The lowest BCUT2D eigenvalue weighted by molar-refractivity contribution is -0.158.